The number of halogens is 3. The van der Waals surface area contributed by atoms with Gasteiger partial charge in [-0.2, -0.15) is 9.40 Å². The van der Waals surface area contributed by atoms with Gasteiger partial charge in [-0.05, 0) is 43.7 Å². The molecule has 152 valence electrons. The van der Waals surface area contributed by atoms with E-state index in [0.29, 0.717) is 25.5 Å². The molecule has 0 N–H and O–H groups in total. The number of aromatic nitrogens is 2. The number of alkyl halides is 3. The lowest BCUT2D eigenvalue weighted by molar-refractivity contribution is -0.274. The summed E-state index contributed by atoms with van der Waals surface area (Å²) in [4.78, 5) is -0.0898. The summed E-state index contributed by atoms with van der Waals surface area (Å²) in [6.45, 7) is 2.65. The van der Waals surface area contributed by atoms with Crippen molar-refractivity contribution in [2.45, 2.75) is 24.6 Å². The van der Waals surface area contributed by atoms with Gasteiger partial charge >= 0.3 is 6.36 Å². The zero-order valence-electron chi connectivity index (χ0n) is 14.9. The molecule has 1 aromatic carbocycles. The molecular formula is C17H18F3N3O4S. The Hall–Kier alpha value is -2.40. The molecule has 2 aromatic rings. The van der Waals surface area contributed by atoms with Gasteiger partial charge in [0.2, 0.25) is 15.9 Å². The maximum absolute atomic E-state index is 12.7. The SMILES string of the molecule is Cc1ccc(OCC2CCN(S(=O)(=O)c3ccc(OC(F)(F)F)cc3)C2)nn1. The molecule has 7 nitrogen and oxygen atoms in total. The highest BCUT2D eigenvalue weighted by Crippen LogP contribution is 2.28. The first-order chi connectivity index (χ1) is 13.1. The zero-order chi connectivity index (χ0) is 20.4. The minimum atomic E-state index is -4.83. The molecule has 28 heavy (non-hydrogen) atoms. The van der Waals surface area contributed by atoms with Crippen molar-refractivity contribution >= 4 is 10.0 Å². The van der Waals surface area contributed by atoms with Crippen LogP contribution in [0.2, 0.25) is 0 Å². The number of nitrogens with zero attached hydrogens (tertiary/aromatic N) is 3. The van der Waals surface area contributed by atoms with Crippen LogP contribution < -0.4 is 9.47 Å². The lowest BCUT2D eigenvalue weighted by atomic mass is 10.1. The van der Waals surface area contributed by atoms with Crippen LogP contribution in [0.1, 0.15) is 12.1 Å². The summed E-state index contributed by atoms with van der Waals surface area (Å²) in [5.74, 6) is -0.128. The number of hydrogen-bond donors (Lipinski definition) is 0. The maximum atomic E-state index is 12.7. The van der Waals surface area contributed by atoms with E-state index in [1.165, 1.54) is 4.31 Å². The molecule has 2 heterocycles. The number of hydrogen-bond acceptors (Lipinski definition) is 6. The van der Waals surface area contributed by atoms with Gasteiger partial charge in [0, 0.05) is 25.1 Å². The third-order valence-corrected chi connectivity index (χ3v) is 6.06. The fraction of sp³-hybridized carbons (Fsp3) is 0.412. The van der Waals surface area contributed by atoms with Gasteiger partial charge in [0.1, 0.15) is 5.75 Å². The van der Waals surface area contributed by atoms with Crippen molar-refractivity contribution in [1.82, 2.24) is 14.5 Å². The molecule has 1 saturated heterocycles. The smallest absolute Gasteiger partial charge is 0.476 e. The molecule has 0 radical (unpaired) electrons. The van der Waals surface area contributed by atoms with Crippen molar-refractivity contribution in [2.75, 3.05) is 19.7 Å². The highest BCUT2D eigenvalue weighted by molar-refractivity contribution is 7.89. The molecule has 0 amide bonds. The van der Waals surface area contributed by atoms with Crippen molar-refractivity contribution in [3.8, 4) is 11.6 Å². The lowest BCUT2D eigenvalue weighted by Crippen LogP contribution is -2.29. The zero-order valence-corrected chi connectivity index (χ0v) is 15.7. The van der Waals surface area contributed by atoms with Gasteiger partial charge in [-0.3, -0.25) is 0 Å². The summed E-state index contributed by atoms with van der Waals surface area (Å²) in [5.41, 5.74) is 0.761. The predicted molar refractivity (Wildman–Crippen MR) is 92.3 cm³/mol. The van der Waals surface area contributed by atoms with Crippen LogP contribution in [0.15, 0.2) is 41.3 Å². The second-order valence-corrected chi connectivity index (χ2v) is 8.30. The molecule has 1 aliphatic rings. The molecule has 1 atom stereocenters. The number of benzene rings is 1. The second kappa shape index (κ2) is 7.92. The highest BCUT2D eigenvalue weighted by atomic mass is 32.2. The predicted octanol–water partition coefficient (Wildman–Crippen LogP) is 2.77. The molecule has 11 heteroatoms. The van der Waals surface area contributed by atoms with Crippen LogP contribution in [0.3, 0.4) is 0 Å². The summed E-state index contributed by atoms with van der Waals surface area (Å²) in [6, 6.07) is 7.61. The Kier molecular flexibility index (Phi) is 5.75. The van der Waals surface area contributed by atoms with E-state index in [9.17, 15) is 21.6 Å². The summed E-state index contributed by atoms with van der Waals surface area (Å²) in [7, 11) is -3.81. The summed E-state index contributed by atoms with van der Waals surface area (Å²) in [6.07, 6.45) is -4.22. The number of ether oxygens (including phenoxy) is 2. The molecule has 1 fully saturated rings. The van der Waals surface area contributed by atoms with Crippen LogP contribution in [0.5, 0.6) is 11.6 Å². The van der Waals surface area contributed by atoms with E-state index >= 15 is 0 Å². The first-order valence-corrected chi connectivity index (χ1v) is 9.86. The monoisotopic (exact) mass is 417 g/mol. The summed E-state index contributed by atoms with van der Waals surface area (Å²) in [5, 5.41) is 7.78. The Bertz CT molecular complexity index is 903. The van der Waals surface area contributed by atoms with Crippen LogP contribution in [0.4, 0.5) is 13.2 Å². The van der Waals surface area contributed by atoms with Crippen molar-refractivity contribution < 1.29 is 31.1 Å². The van der Waals surface area contributed by atoms with Crippen LogP contribution in [-0.2, 0) is 10.0 Å². The third-order valence-electron chi connectivity index (χ3n) is 4.18. The Balaban J connectivity index is 1.59. The van der Waals surface area contributed by atoms with E-state index in [1.54, 1.807) is 19.1 Å². The van der Waals surface area contributed by atoms with Gasteiger partial charge in [-0.15, -0.1) is 18.3 Å². The van der Waals surface area contributed by atoms with Gasteiger partial charge in [0.25, 0.3) is 0 Å². The van der Waals surface area contributed by atoms with Gasteiger partial charge in [0.15, 0.2) is 0 Å². The molecule has 0 aliphatic carbocycles. The van der Waals surface area contributed by atoms with Crippen LogP contribution in [0.25, 0.3) is 0 Å². The standard InChI is InChI=1S/C17H18F3N3O4S/c1-12-2-7-16(22-21-12)26-11-13-8-9-23(10-13)28(24,25)15-5-3-14(4-6-15)27-17(18,19)20/h2-7,13H,8-11H2,1H3. The molecule has 1 unspecified atom stereocenters. The fourth-order valence-electron chi connectivity index (χ4n) is 2.78. The summed E-state index contributed by atoms with van der Waals surface area (Å²) >= 11 is 0. The molecule has 1 aromatic heterocycles. The van der Waals surface area contributed by atoms with Crippen molar-refractivity contribution in [3.63, 3.8) is 0 Å². The Morgan fingerprint density at radius 3 is 2.46 bits per heavy atom. The Labute approximate surface area is 160 Å². The number of sulfonamides is 1. The molecule has 0 bridgehead atoms. The van der Waals surface area contributed by atoms with Gasteiger partial charge in [-0.1, -0.05) is 0 Å². The van der Waals surface area contributed by atoms with Crippen molar-refractivity contribution in [2.24, 2.45) is 5.92 Å². The quantitative estimate of drug-likeness (QED) is 0.719. The first-order valence-electron chi connectivity index (χ1n) is 8.42. The summed E-state index contributed by atoms with van der Waals surface area (Å²) < 4.78 is 72.6. The maximum Gasteiger partial charge on any atom is 0.573 e. The van der Waals surface area contributed by atoms with Gasteiger partial charge in [-0.25, -0.2) is 8.42 Å². The average Bonchev–Trinajstić information content (AvgIpc) is 3.10. The van der Waals surface area contributed by atoms with E-state index in [0.717, 1.165) is 30.0 Å². The topological polar surface area (TPSA) is 81.6 Å². The minimum Gasteiger partial charge on any atom is -0.476 e. The van der Waals surface area contributed by atoms with Crippen LogP contribution in [-0.4, -0.2) is 49.0 Å². The van der Waals surface area contributed by atoms with E-state index in [2.05, 4.69) is 14.9 Å². The normalized spacial score (nSPS) is 18.2. The molecule has 1 aliphatic heterocycles. The van der Waals surface area contributed by atoms with E-state index in [-0.39, 0.29) is 17.4 Å². The Morgan fingerprint density at radius 1 is 1.14 bits per heavy atom. The minimum absolute atomic E-state index is 0.0225. The van der Waals surface area contributed by atoms with Gasteiger partial charge < -0.3 is 9.47 Å². The highest BCUT2D eigenvalue weighted by Gasteiger charge is 2.34. The van der Waals surface area contributed by atoms with E-state index in [4.69, 9.17) is 4.74 Å². The average molecular weight is 417 g/mol. The molecule has 3 rings (SSSR count). The first kappa shape index (κ1) is 20.3. The molecule has 0 saturated carbocycles. The van der Waals surface area contributed by atoms with E-state index < -0.39 is 22.1 Å². The largest absolute Gasteiger partial charge is 0.573 e. The lowest BCUT2D eigenvalue weighted by Gasteiger charge is -2.17. The van der Waals surface area contributed by atoms with Crippen LogP contribution in [0, 0.1) is 12.8 Å². The van der Waals surface area contributed by atoms with Crippen molar-refractivity contribution in [3.05, 3.63) is 42.1 Å². The molecule has 0 spiro atoms. The number of aryl methyl sites for hydroxylation is 1. The fourth-order valence-corrected chi connectivity index (χ4v) is 4.31. The van der Waals surface area contributed by atoms with E-state index in [1.807, 2.05) is 0 Å². The third kappa shape index (κ3) is 5.10. The van der Waals surface area contributed by atoms with Crippen molar-refractivity contribution in [1.29, 1.82) is 0 Å². The molecular weight excluding hydrogens is 399 g/mol. The second-order valence-electron chi connectivity index (χ2n) is 6.36. The number of rotatable bonds is 6. The van der Waals surface area contributed by atoms with Gasteiger partial charge in [0.05, 0.1) is 17.2 Å². The van der Waals surface area contributed by atoms with Crippen LogP contribution >= 0.6 is 0 Å². The Morgan fingerprint density at radius 2 is 1.86 bits per heavy atom.